The first-order valence-corrected chi connectivity index (χ1v) is 6.28. The molecular formula is C13H19ClFNO. The van der Waals surface area contributed by atoms with E-state index in [-0.39, 0.29) is 11.9 Å². The van der Waals surface area contributed by atoms with Gasteiger partial charge in [-0.2, -0.15) is 0 Å². The Morgan fingerprint density at radius 2 is 2.18 bits per heavy atom. The summed E-state index contributed by atoms with van der Waals surface area (Å²) in [5, 5.41) is 0.566. The Bertz CT molecular complexity index is 346. The molecule has 0 amide bonds. The van der Waals surface area contributed by atoms with Crippen molar-refractivity contribution in [3.05, 3.63) is 34.6 Å². The second-order valence-electron chi connectivity index (χ2n) is 4.10. The molecule has 1 aromatic carbocycles. The summed E-state index contributed by atoms with van der Waals surface area (Å²) < 4.78 is 18.4. The highest BCUT2D eigenvalue weighted by Gasteiger charge is 2.08. The van der Waals surface area contributed by atoms with E-state index in [0.29, 0.717) is 18.1 Å². The maximum absolute atomic E-state index is 13.0. The molecule has 0 radical (unpaired) electrons. The van der Waals surface area contributed by atoms with Gasteiger partial charge in [0.25, 0.3) is 0 Å². The minimum Gasteiger partial charge on any atom is -0.381 e. The fourth-order valence-electron chi connectivity index (χ4n) is 1.57. The third-order valence-corrected chi connectivity index (χ3v) is 2.84. The molecule has 2 N–H and O–H groups in total. The van der Waals surface area contributed by atoms with Crippen LogP contribution in [0.25, 0.3) is 0 Å². The van der Waals surface area contributed by atoms with E-state index in [9.17, 15) is 4.39 Å². The minimum atomic E-state index is -0.279. The molecule has 1 unspecified atom stereocenters. The van der Waals surface area contributed by atoms with Gasteiger partial charge in [0, 0.05) is 24.3 Å². The van der Waals surface area contributed by atoms with Crippen molar-refractivity contribution in [1.82, 2.24) is 0 Å². The number of ether oxygens (including phenoxy) is 1. The second-order valence-corrected chi connectivity index (χ2v) is 4.51. The van der Waals surface area contributed by atoms with Crippen molar-refractivity contribution < 1.29 is 9.13 Å². The molecule has 0 fully saturated rings. The molecule has 0 saturated carbocycles. The van der Waals surface area contributed by atoms with Gasteiger partial charge in [0.05, 0.1) is 0 Å². The van der Waals surface area contributed by atoms with Crippen molar-refractivity contribution in [2.24, 2.45) is 5.73 Å². The van der Waals surface area contributed by atoms with Gasteiger partial charge < -0.3 is 10.5 Å². The lowest BCUT2D eigenvalue weighted by atomic mass is 10.0. The van der Waals surface area contributed by atoms with Crippen LogP contribution in [0.3, 0.4) is 0 Å². The Morgan fingerprint density at radius 3 is 2.88 bits per heavy atom. The summed E-state index contributed by atoms with van der Waals surface area (Å²) in [5.41, 5.74) is 6.70. The van der Waals surface area contributed by atoms with Gasteiger partial charge in [-0.05, 0) is 43.0 Å². The van der Waals surface area contributed by atoms with E-state index >= 15 is 0 Å². The van der Waals surface area contributed by atoms with Crippen LogP contribution in [0.5, 0.6) is 0 Å². The molecule has 0 heterocycles. The van der Waals surface area contributed by atoms with Gasteiger partial charge in [-0.1, -0.05) is 18.5 Å². The molecular weight excluding hydrogens is 241 g/mol. The Balaban J connectivity index is 2.39. The maximum Gasteiger partial charge on any atom is 0.123 e. The van der Waals surface area contributed by atoms with E-state index in [4.69, 9.17) is 22.1 Å². The van der Waals surface area contributed by atoms with E-state index in [0.717, 1.165) is 25.0 Å². The topological polar surface area (TPSA) is 35.2 Å². The van der Waals surface area contributed by atoms with E-state index in [2.05, 4.69) is 6.92 Å². The first kappa shape index (κ1) is 14.4. The number of nitrogens with two attached hydrogens (primary N) is 1. The quantitative estimate of drug-likeness (QED) is 0.764. The zero-order valence-electron chi connectivity index (χ0n) is 10.1. The Hall–Kier alpha value is -0.640. The molecule has 1 aromatic rings. The largest absolute Gasteiger partial charge is 0.381 e. The molecule has 4 heteroatoms. The smallest absolute Gasteiger partial charge is 0.123 e. The number of hydrogen-bond acceptors (Lipinski definition) is 2. The van der Waals surface area contributed by atoms with E-state index < -0.39 is 0 Å². The van der Waals surface area contributed by atoms with Crippen LogP contribution in [-0.2, 0) is 11.2 Å². The lowest BCUT2D eigenvalue weighted by molar-refractivity contribution is 0.127. The van der Waals surface area contributed by atoms with Gasteiger partial charge in [0.1, 0.15) is 5.82 Å². The van der Waals surface area contributed by atoms with Crippen molar-refractivity contribution >= 4 is 11.6 Å². The standard InChI is InChI=1S/C13H19ClFNO/c1-2-6-17-7-5-12(16)9-10-8-11(15)3-4-13(10)14/h3-4,8,12H,2,5-7,9,16H2,1H3. The van der Waals surface area contributed by atoms with Gasteiger partial charge in [-0.3, -0.25) is 0 Å². The number of hydrogen-bond donors (Lipinski definition) is 1. The fourth-order valence-corrected chi connectivity index (χ4v) is 1.76. The zero-order valence-corrected chi connectivity index (χ0v) is 10.8. The number of rotatable bonds is 7. The van der Waals surface area contributed by atoms with Gasteiger partial charge >= 0.3 is 0 Å². The molecule has 0 aliphatic rings. The van der Waals surface area contributed by atoms with Crippen LogP contribution in [0.15, 0.2) is 18.2 Å². The number of halogens is 2. The average Bonchev–Trinajstić information content (AvgIpc) is 2.29. The van der Waals surface area contributed by atoms with E-state index in [1.54, 1.807) is 6.07 Å². The molecule has 0 saturated heterocycles. The highest BCUT2D eigenvalue weighted by Crippen LogP contribution is 2.18. The average molecular weight is 260 g/mol. The highest BCUT2D eigenvalue weighted by molar-refractivity contribution is 6.31. The molecule has 0 aliphatic carbocycles. The molecule has 0 aromatic heterocycles. The Kier molecular flexibility index (Phi) is 6.48. The molecule has 96 valence electrons. The van der Waals surface area contributed by atoms with Gasteiger partial charge in [0.15, 0.2) is 0 Å². The van der Waals surface area contributed by atoms with Crippen molar-refractivity contribution in [3.8, 4) is 0 Å². The fraction of sp³-hybridized carbons (Fsp3) is 0.538. The van der Waals surface area contributed by atoms with Crippen molar-refractivity contribution in [1.29, 1.82) is 0 Å². The zero-order chi connectivity index (χ0) is 12.7. The number of benzene rings is 1. The van der Waals surface area contributed by atoms with Crippen LogP contribution in [0, 0.1) is 5.82 Å². The summed E-state index contributed by atoms with van der Waals surface area (Å²) in [5.74, 6) is -0.279. The van der Waals surface area contributed by atoms with Crippen LogP contribution in [0.1, 0.15) is 25.3 Å². The predicted octanol–water partition coefficient (Wildman–Crippen LogP) is 3.17. The summed E-state index contributed by atoms with van der Waals surface area (Å²) in [6.07, 6.45) is 2.34. The summed E-state index contributed by atoms with van der Waals surface area (Å²) in [7, 11) is 0. The molecule has 0 spiro atoms. The first-order chi connectivity index (χ1) is 8.13. The molecule has 0 aliphatic heterocycles. The lowest BCUT2D eigenvalue weighted by Crippen LogP contribution is -2.25. The van der Waals surface area contributed by atoms with Gasteiger partial charge in [-0.25, -0.2) is 4.39 Å². The van der Waals surface area contributed by atoms with Crippen molar-refractivity contribution in [2.75, 3.05) is 13.2 Å². The van der Waals surface area contributed by atoms with Crippen LogP contribution in [0.4, 0.5) is 4.39 Å². The lowest BCUT2D eigenvalue weighted by Gasteiger charge is -2.12. The Morgan fingerprint density at radius 1 is 1.41 bits per heavy atom. The predicted molar refractivity (Wildman–Crippen MR) is 68.8 cm³/mol. The third-order valence-electron chi connectivity index (χ3n) is 2.47. The van der Waals surface area contributed by atoms with Crippen LogP contribution >= 0.6 is 11.6 Å². The van der Waals surface area contributed by atoms with Gasteiger partial charge in [-0.15, -0.1) is 0 Å². The van der Waals surface area contributed by atoms with Crippen molar-refractivity contribution in [2.45, 2.75) is 32.2 Å². The molecule has 17 heavy (non-hydrogen) atoms. The molecule has 1 rings (SSSR count). The first-order valence-electron chi connectivity index (χ1n) is 5.90. The monoisotopic (exact) mass is 259 g/mol. The van der Waals surface area contributed by atoms with Gasteiger partial charge in [0.2, 0.25) is 0 Å². The minimum absolute atomic E-state index is 0.0499. The normalized spacial score (nSPS) is 12.7. The summed E-state index contributed by atoms with van der Waals surface area (Å²) in [6.45, 7) is 3.46. The summed E-state index contributed by atoms with van der Waals surface area (Å²) in [4.78, 5) is 0. The molecule has 1 atom stereocenters. The van der Waals surface area contributed by atoms with Crippen molar-refractivity contribution in [3.63, 3.8) is 0 Å². The summed E-state index contributed by atoms with van der Waals surface area (Å²) in [6, 6.07) is 4.30. The van der Waals surface area contributed by atoms with Crippen LogP contribution in [0.2, 0.25) is 5.02 Å². The third kappa shape index (κ3) is 5.48. The van der Waals surface area contributed by atoms with E-state index in [1.165, 1.54) is 12.1 Å². The maximum atomic E-state index is 13.0. The molecule has 0 bridgehead atoms. The Labute approximate surface area is 107 Å². The summed E-state index contributed by atoms with van der Waals surface area (Å²) >= 11 is 5.97. The molecule has 2 nitrogen and oxygen atoms in total. The second kappa shape index (κ2) is 7.64. The van der Waals surface area contributed by atoms with E-state index in [1.807, 2.05) is 0 Å². The van der Waals surface area contributed by atoms with Crippen LogP contribution < -0.4 is 5.73 Å². The van der Waals surface area contributed by atoms with Crippen LogP contribution in [-0.4, -0.2) is 19.3 Å². The highest BCUT2D eigenvalue weighted by atomic mass is 35.5. The SMILES string of the molecule is CCCOCCC(N)Cc1cc(F)ccc1Cl.